The first-order chi connectivity index (χ1) is 29.9. The maximum Gasteiger partial charge on any atom is 0.0537 e. The third kappa shape index (κ3) is 6.94. The minimum absolute atomic E-state index is 0.885. The van der Waals surface area contributed by atoms with Crippen LogP contribution >= 0.6 is 0 Å². The largest absolute Gasteiger partial charge is 0.355 e. The third-order valence-electron chi connectivity index (χ3n) is 12.3. The van der Waals surface area contributed by atoms with Crippen LogP contribution in [0.4, 0.5) is 11.4 Å². The molecule has 300 valence electrons. The zero-order valence-electron chi connectivity index (χ0n) is 36.4. The van der Waals surface area contributed by atoms with Crippen molar-refractivity contribution in [2.45, 2.75) is 61.3 Å². The van der Waals surface area contributed by atoms with Gasteiger partial charge in [-0.15, -0.1) is 0 Å². The molecule has 0 bridgehead atoms. The van der Waals surface area contributed by atoms with Crippen LogP contribution < -0.4 is 5.32 Å². The lowest BCUT2D eigenvalue weighted by Crippen LogP contribution is -2.04. The van der Waals surface area contributed by atoms with Crippen LogP contribution in [0.1, 0.15) is 67.9 Å². The van der Waals surface area contributed by atoms with E-state index < -0.39 is 0 Å². The molecule has 1 N–H and O–H groups in total. The smallest absolute Gasteiger partial charge is 0.0537 e. The van der Waals surface area contributed by atoms with Crippen molar-refractivity contribution in [1.29, 1.82) is 0 Å². The van der Waals surface area contributed by atoms with E-state index >= 15 is 0 Å². The number of benzene rings is 7. The number of hydrogen-bond donors (Lipinski definition) is 1. The van der Waals surface area contributed by atoms with Gasteiger partial charge in [-0.05, 0) is 144 Å². The van der Waals surface area contributed by atoms with E-state index in [0.717, 1.165) is 52.4 Å². The average molecular weight is 792 g/mol. The standard InChI is InChI=1S/C56H47N3.C2H6/c1-6-7-9-17-35(2)45-20-12-14-23-50(45)58-43-32-42(33-44(34-43)59-51-24-11-8-10-21-46(51)47-22-13-15-25-52(47)59)53-36(3)54(38(5)57-37(53)4)48-30-29-41-27-26-39-18-16-19-40-28-31-49(48)56(41)55(39)40;1-2/h6-8,10-20,22-34,58H,9,21H2,1-5H3;1-2H3/b7-6-,35-17+;. The van der Waals surface area contributed by atoms with E-state index in [1.54, 1.807) is 0 Å². The summed E-state index contributed by atoms with van der Waals surface area (Å²) in [5.74, 6) is 0. The lowest BCUT2D eigenvalue weighted by molar-refractivity contribution is 1.08. The van der Waals surface area contributed by atoms with Gasteiger partial charge in [-0.25, -0.2) is 0 Å². The van der Waals surface area contributed by atoms with Crippen molar-refractivity contribution in [3.05, 3.63) is 192 Å². The monoisotopic (exact) mass is 791 g/mol. The quantitative estimate of drug-likeness (QED) is 0.123. The molecule has 0 unspecified atom stereocenters. The third-order valence-corrected chi connectivity index (χ3v) is 12.3. The molecule has 0 atom stereocenters. The Morgan fingerprint density at radius 2 is 1.44 bits per heavy atom. The molecule has 7 aromatic carbocycles. The van der Waals surface area contributed by atoms with E-state index in [4.69, 9.17) is 4.98 Å². The second-order valence-electron chi connectivity index (χ2n) is 16.0. The Kier molecular flexibility index (Phi) is 10.7. The van der Waals surface area contributed by atoms with Crippen LogP contribution in [0, 0.1) is 20.8 Å². The highest BCUT2D eigenvalue weighted by Gasteiger charge is 2.22. The minimum atomic E-state index is 0.885. The molecule has 1 aliphatic carbocycles. The molecule has 0 fully saturated rings. The Morgan fingerprint density at radius 1 is 0.721 bits per heavy atom. The molecule has 3 nitrogen and oxygen atoms in total. The first-order valence-electron chi connectivity index (χ1n) is 21.8. The van der Waals surface area contributed by atoms with Gasteiger partial charge in [0, 0.05) is 50.5 Å². The number of aryl methyl sites for hydroxylation is 2. The molecule has 1 aliphatic rings. The summed E-state index contributed by atoms with van der Waals surface area (Å²) in [5, 5.41) is 12.9. The van der Waals surface area contributed by atoms with Gasteiger partial charge in [0.25, 0.3) is 0 Å². The van der Waals surface area contributed by atoms with Crippen molar-refractivity contribution in [2.75, 3.05) is 5.32 Å². The van der Waals surface area contributed by atoms with Crippen LogP contribution in [-0.2, 0) is 6.42 Å². The number of pyridine rings is 1. The van der Waals surface area contributed by atoms with Crippen LogP contribution in [0.25, 0.3) is 82.8 Å². The first kappa shape index (κ1) is 39.5. The van der Waals surface area contributed by atoms with Crippen LogP contribution in [0.5, 0.6) is 0 Å². The summed E-state index contributed by atoms with van der Waals surface area (Å²) < 4.78 is 2.45. The summed E-state index contributed by atoms with van der Waals surface area (Å²) >= 11 is 0. The summed E-state index contributed by atoms with van der Waals surface area (Å²) in [5.41, 5.74) is 17.4. The fraction of sp³-hybridized carbons (Fsp3) is 0.155. The molecule has 2 heterocycles. The van der Waals surface area contributed by atoms with Gasteiger partial charge in [0.1, 0.15) is 0 Å². The van der Waals surface area contributed by atoms with Gasteiger partial charge in [0.2, 0.25) is 0 Å². The number of allylic oxidation sites excluding steroid dienone is 7. The lowest BCUT2D eigenvalue weighted by atomic mass is 9.86. The molecule has 2 aromatic heterocycles. The van der Waals surface area contributed by atoms with Crippen molar-refractivity contribution in [1.82, 2.24) is 9.55 Å². The van der Waals surface area contributed by atoms with Crippen molar-refractivity contribution < 1.29 is 0 Å². The van der Waals surface area contributed by atoms with Crippen molar-refractivity contribution in [3.63, 3.8) is 0 Å². The van der Waals surface area contributed by atoms with Gasteiger partial charge in [0.15, 0.2) is 0 Å². The number of hydrogen-bond acceptors (Lipinski definition) is 2. The number of nitrogens with one attached hydrogen (secondary N) is 1. The van der Waals surface area contributed by atoms with Gasteiger partial charge in [-0.1, -0.05) is 141 Å². The highest BCUT2D eigenvalue weighted by atomic mass is 15.0. The Morgan fingerprint density at radius 3 is 2.26 bits per heavy atom. The number of aromatic nitrogens is 2. The molecule has 0 saturated carbocycles. The minimum Gasteiger partial charge on any atom is -0.355 e. The number of para-hydroxylation sites is 2. The zero-order valence-corrected chi connectivity index (χ0v) is 36.4. The number of anilines is 2. The zero-order chi connectivity index (χ0) is 42.2. The van der Waals surface area contributed by atoms with E-state index in [1.165, 1.54) is 82.3 Å². The van der Waals surface area contributed by atoms with Gasteiger partial charge in [-0.2, -0.15) is 0 Å². The fourth-order valence-electron chi connectivity index (χ4n) is 9.75. The molecule has 10 rings (SSSR count). The second kappa shape index (κ2) is 16.6. The molecule has 0 radical (unpaired) electrons. The van der Waals surface area contributed by atoms with Crippen molar-refractivity contribution in [2.24, 2.45) is 0 Å². The topological polar surface area (TPSA) is 29.9 Å². The Balaban J connectivity index is 0.00000235. The maximum absolute atomic E-state index is 5.35. The molecule has 0 saturated heterocycles. The van der Waals surface area contributed by atoms with Crippen molar-refractivity contribution >= 4 is 66.2 Å². The highest BCUT2D eigenvalue weighted by Crippen LogP contribution is 2.44. The van der Waals surface area contributed by atoms with Crippen LogP contribution in [0.15, 0.2) is 158 Å². The van der Waals surface area contributed by atoms with E-state index in [9.17, 15) is 0 Å². The van der Waals surface area contributed by atoms with Crippen LogP contribution in [0.3, 0.4) is 0 Å². The number of rotatable bonds is 8. The average Bonchev–Trinajstić information content (AvgIpc) is 3.39. The SMILES string of the molecule is C/C=C\C/C=C(\C)c1ccccc1Nc1cc(-c2c(C)nc(C)c(-c3ccc4ccc5cccc6ccc3c4c56)c2C)cc(-n2c3c(c4ccccc42)CC=CC=C3)c1.CC. The highest BCUT2D eigenvalue weighted by molar-refractivity contribution is 6.25. The molecule has 0 aliphatic heterocycles. The first-order valence-corrected chi connectivity index (χ1v) is 21.8. The van der Waals surface area contributed by atoms with E-state index in [0.29, 0.717) is 0 Å². The Labute approximate surface area is 360 Å². The summed E-state index contributed by atoms with van der Waals surface area (Å²) in [6, 6.07) is 44.8. The normalized spacial score (nSPS) is 12.7. The molecule has 0 spiro atoms. The molecule has 0 amide bonds. The van der Waals surface area contributed by atoms with Crippen LogP contribution in [0.2, 0.25) is 0 Å². The Hall–Kier alpha value is -6.97. The second-order valence-corrected chi connectivity index (χ2v) is 16.0. The number of fused-ring (bicyclic) bond motifs is 3. The lowest BCUT2D eigenvalue weighted by Gasteiger charge is -2.22. The van der Waals surface area contributed by atoms with Gasteiger partial charge < -0.3 is 9.88 Å². The molecule has 3 heteroatoms. The molecular formula is C58H53N3. The predicted molar refractivity (Wildman–Crippen MR) is 266 cm³/mol. The molecular weight excluding hydrogens is 739 g/mol. The number of nitrogens with zero attached hydrogens (tertiary/aromatic N) is 2. The molecule has 61 heavy (non-hydrogen) atoms. The van der Waals surface area contributed by atoms with Gasteiger partial charge >= 0.3 is 0 Å². The Bertz CT molecular complexity index is 3220. The predicted octanol–water partition coefficient (Wildman–Crippen LogP) is 16.4. The summed E-state index contributed by atoms with van der Waals surface area (Å²) in [4.78, 5) is 5.35. The fourth-order valence-corrected chi connectivity index (χ4v) is 9.75. The van der Waals surface area contributed by atoms with E-state index in [-0.39, 0.29) is 0 Å². The van der Waals surface area contributed by atoms with Gasteiger partial charge in [-0.3, -0.25) is 4.98 Å². The maximum atomic E-state index is 5.35. The van der Waals surface area contributed by atoms with E-state index in [1.807, 2.05) is 13.8 Å². The van der Waals surface area contributed by atoms with Crippen LogP contribution in [-0.4, -0.2) is 9.55 Å². The van der Waals surface area contributed by atoms with Gasteiger partial charge in [0.05, 0.1) is 11.2 Å². The summed E-state index contributed by atoms with van der Waals surface area (Å²) in [6.45, 7) is 14.9. The summed E-state index contributed by atoms with van der Waals surface area (Å²) in [6.07, 6.45) is 17.3. The summed E-state index contributed by atoms with van der Waals surface area (Å²) in [7, 11) is 0. The molecule has 9 aromatic rings. The van der Waals surface area contributed by atoms with Crippen molar-refractivity contribution in [3.8, 4) is 27.9 Å². The van der Waals surface area contributed by atoms with E-state index in [2.05, 4.69) is 208 Å².